The number of guanidine groups is 1. The highest BCUT2D eigenvalue weighted by Gasteiger charge is 2.40. The summed E-state index contributed by atoms with van der Waals surface area (Å²) in [5.74, 6) is 6.21. The summed E-state index contributed by atoms with van der Waals surface area (Å²) in [4.78, 5) is 6.01. The third-order valence-corrected chi connectivity index (χ3v) is 6.87. The molecule has 1 saturated heterocycles. The quantitative estimate of drug-likeness (QED) is 0.263. The molecule has 1 heterocycles. The van der Waals surface area contributed by atoms with Crippen molar-refractivity contribution < 1.29 is 21.6 Å². The van der Waals surface area contributed by atoms with E-state index in [4.69, 9.17) is 0 Å². The van der Waals surface area contributed by atoms with Crippen molar-refractivity contribution >= 4 is 39.8 Å². The second-order valence-corrected chi connectivity index (χ2v) is 9.52. The van der Waals surface area contributed by atoms with Gasteiger partial charge < -0.3 is 10.2 Å². The lowest BCUT2D eigenvalue weighted by Gasteiger charge is -2.39. The van der Waals surface area contributed by atoms with E-state index in [0.29, 0.717) is 24.6 Å². The van der Waals surface area contributed by atoms with E-state index >= 15 is 0 Å². The van der Waals surface area contributed by atoms with Crippen LogP contribution in [0.4, 0.5) is 13.2 Å². The Morgan fingerprint density at radius 2 is 1.89 bits per heavy atom. The van der Waals surface area contributed by atoms with Gasteiger partial charge in [0.25, 0.3) is 0 Å². The molecule has 1 N–H and O–H groups in total. The van der Waals surface area contributed by atoms with Gasteiger partial charge in [-0.2, -0.15) is 13.2 Å². The van der Waals surface area contributed by atoms with Crippen LogP contribution in [0, 0.1) is 11.8 Å². The van der Waals surface area contributed by atoms with E-state index in [2.05, 4.69) is 22.2 Å². The maximum absolute atomic E-state index is 12.5. The summed E-state index contributed by atoms with van der Waals surface area (Å²) in [5, 5.41) is 3.04. The number of benzene rings is 1. The second kappa shape index (κ2) is 9.35. The van der Waals surface area contributed by atoms with Crippen LogP contribution in [0.25, 0.3) is 0 Å². The third-order valence-electron chi connectivity index (χ3n) is 4.33. The highest BCUT2D eigenvalue weighted by Crippen LogP contribution is 2.29. The molecule has 0 atom stereocenters. The van der Waals surface area contributed by atoms with Gasteiger partial charge in [-0.3, -0.25) is 4.99 Å². The summed E-state index contributed by atoms with van der Waals surface area (Å²) < 4.78 is 60.9. The summed E-state index contributed by atoms with van der Waals surface area (Å²) in [5.41, 5.74) is -0.237. The van der Waals surface area contributed by atoms with Crippen molar-refractivity contribution in [1.29, 1.82) is 0 Å². The Hall–Kier alpha value is -1.48. The molecule has 0 aromatic heterocycles. The van der Waals surface area contributed by atoms with Crippen LogP contribution in [0.2, 0.25) is 0 Å². The molecule has 0 aliphatic carbocycles. The van der Waals surface area contributed by atoms with Gasteiger partial charge in [0.2, 0.25) is 0 Å². The minimum atomic E-state index is -4.37. The van der Waals surface area contributed by atoms with Crippen molar-refractivity contribution in [3.63, 3.8) is 0 Å². The van der Waals surface area contributed by atoms with Gasteiger partial charge in [0.15, 0.2) is 15.8 Å². The molecule has 0 bridgehead atoms. The van der Waals surface area contributed by atoms with Crippen LogP contribution >= 0.6 is 24.0 Å². The Bertz CT molecular complexity index is 870. The Labute approximate surface area is 180 Å². The first-order chi connectivity index (χ1) is 12.5. The largest absolute Gasteiger partial charge is 0.416 e. The summed E-state index contributed by atoms with van der Waals surface area (Å²) in [6.07, 6.45) is -4.37. The van der Waals surface area contributed by atoms with Gasteiger partial charge >= 0.3 is 6.18 Å². The standard InChI is InChI=1S/C18H22F3N3O2S.HI/c1-17(2)13-24(11-12-27(17,25)26)16(22-3)23-10-4-5-14-6-8-15(9-7-14)18(19,20)21;/h6-9H,10-13H2,1-3H3,(H,22,23);1H. The topological polar surface area (TPSA) is 61.8 Å². The molecule has 28 heavy (non-hydrogen) atoms. The zero-order chi connectivity index (χ0) is 20.3. The van der Waals surface area contributed by atoms with Gasteiger partial charge in [0.1, 0.15) is 0 Å². The van der Waals surface area contributed by atoms with Crippen LogP contribution in [0.15, 0.2) is 29.3 Å². The Morgan fingerprint density at radius 1 is 1.29 bits per heavy atom. The molecule has 2 rings (SSSR count). The Morgan fingerprint density at radius 3 is 2.39 bits per heavy atom. The van der Waals surface area contributed by atoms with Crippen molar-refractivity contribution in [2.45, 2.75) is 24.8 Å². The van der Waals surface area contributed by atoms with E-state index in [1.807, 2.05) is 4.90 Å². The smallest absolute Gasteiger partial charge is 0.345 e. The zero-order valence-electron chi connectivity index (χ0n) is 15.8. The van der Waals surface area contributed by atoms with Gasteiger partial charge in [0.05, 0.1) is 22.6 Å². The summed E-state index contributed by atoms with van der Waals surface area (Å²) in [6.45, 7) is 4.27. The highest BCUT2D eigenvalue weighted by atomic mass is 127. The molecule has 1 aromatic rings. The minimum Gasteiger partial charge on any atom is -0.345 e. The molecule has 0 saturated carbocycles. The van der Waals surface area contributed by atoms with E-state index in [-0.39, 0.29) is 36.3 Å². The normalized spacial score (nSPS) is 18.5. The van der Waals surface area contributed by atoms with Gasteiger partial charge in [0, 0.05) is 25.7 Å². The first kappa shape index (κ1) is 24.6. The number of nitrogens with one attached hydrogen (secondary N) is 1. The Kier molecular flexibility index (Phi) is 8.20. The first-order valence-electron chi connectivity index (χ1n) is 8.30. The number of hydrogen-bond acceptors (Lipinski definition) is 3. The lowest BCUT2D eigenvalue weighted by molar-refractivity contribution is -0.137. The SMILES string of the molecule is CN=C(NCC#Cc1ccc(C(F)(F)F)cc1)N1CCS(=O)(=O)C(C)(C)C1.I. The fourth-order valence-corrected chi connectivity index (χ4v) is 4.03. The average molecular weight is 529 g/mol. The zero-order valence-corrected chi connectivity index (χ0v) is 18.9. The molecule has 0 unspecified atom stereocenters. The fourth-order valence-electron chi connectivity index (χ4n) is 2.67. The van der Waals surface area contributed by atoms with Gasteiger partial charge in [-0.15, -0.1) is 24.0 Å². The van der Waals surface area contributed by atoms with Crippen LogP contribution in [-0.2, 0) is 16.0 Å². The summed E-state index contributed by atoms with van der Waals surface area (Å²) >= 11 is 0. The molecule has 1 aromatic carbocycles. The molecule has 0 radical (unpaired) electrons. The second-order valence-electron chi connectivity index (χ2n) is 6.78. The van der Waals surface area contributed by atoms with E-state index in [1.165, 1.54) is 12.1 Å². The van der Waals surface area contributed by atoms with E-state index in [0.717, 1.165) is 12.1 Å². The lowest BCUT2D eigenvalue weighted by atomic mass is 10.1. The van der Waals surface area contributed by atoms with E-state index in [1.54, 1.807) is 20.9 Å². The van der Waals surface area contributed by atoms with Crippen molar-refractivity contribution in [1.82, 2.24) is 10.2 Å². The Balaban J connectivity index is 0.00000392. The molecule has 1 fully saturated rings. The average Bonchev–Trinajstić information content (AvgIpc) is 2.57. The molecule has 5 nitrogen and oxygen atoms in total. The van der Waals surface area contributed by atoms with E-state index < -0.39 is 26.3 Å². The molecular weight excluding hydrogens is 506 g/mol. The van der Waals surface area contributed by atoms with Gasteiger partial charge in [-0.1, -0.05) is 11.8 Å². The highest BCUT2D eigenvalue weighted by molar-refractivity contribution is 14.0. The number of sulfone groups is 1. The number of nitrogens with zero attached hydrogens (tertiary/aromatic N) is 2. The number of hydrogen-bond donors (Lipinski definition) is 1. The first-order valence-corrected chi connectivity index (χ1v) is 9.95. The predicted molar refractivity (Wildman–Crippen MR) is 115 cm³/mol. The van der Waals surface area contributed by atoms with Crippen molar-refractivity contribution in [2.24, 2.45) is 4.99 Å². The fraction of sp³-hybridized carbons (Fsp3) is 0.500. The summed E-state index contributed by atoms with van der Waals surface area (Å²) in [6, 6.07) is 4.63. The maximum Gasteiger partial charge on any atom is 0.416 e. The maximum atomic E-state index is 12.5. The molecule has 0 amide bonds. The number of halogens is 4. The predicted octanol–water partition coefficient (Wildman–Crippen LogP) is 2.76. The van der Waals surface area contributed by atoms with Crippen molar-refractivity contribution in [2.75, 3.05) is 32.4 Å². The van der Waals surface area contributed by atoms with Crippen molar-refractivity contribution in [3.05, 3.63) is 35.4 Å². The molecule has 1 aliphatic rings. The van der Waals surface area contributed by atoms with Crippen molar-refractivity contribution in [3.8, 4) is 11.8 Å². The molecular formula is C18H23F3IN3O2S. The number of alkyl halides is 3. The van der Waals surface area contributed by atoms with Crippen LogP contribution in [-0.4, -0.2) is 56.5 Å². The molecule has 0 spiro atoms. The van der Waals surface area contributed by atoms with Crippen LogP contribution < -0.4 is 5.32 Å². The lowest BCUT2D eigenvalue weighted by Crippen LogP contribution is -2.57. The van der Waals surface area contributed by atoms with Crippen LogP contribution in [0.1, 0.15) is 25.0 Å². The molecule has 10 heteroatoms. The number of rotatable bonds is 1. The van der Waals surface area contributed by atoms with Gasteiger partial charge in [-0.05, 0) is 38.1 Å². The third kappa shape index (κ3) is 6.01. The van der Waals surface area contributed by atoms with E-state index in [9.17, 15) is 21.6 Å². The van der Waals surface area contributed by atoms with Crippen LogP contribution in [0.3, 0.4) is 0 Å². The molecule has 1 aliphatic heterocycles. The molecule has 156 valence electrons. The van der Waals surface area contributed by atoms with Crippen LogP contribution in [0.5, 0.6) is 0 Å². The number of aliphatic imine (C=N–C) groups is 1. The minimum absolute atomic E-state index is 0. The van der Waals surface area contributed by atoms with Gasteiger partial charge in [-0.25, -0.2) is 8.42 Å². The monoisotopic (exact) mass is 529 g/mol. The summed E-state index contributed by atoms with van der Waals surface area (Å²) in [7, 11) is -1.54.